The van der Waals surface area contributed by atoms with E-state index in [9.17, 15) is 4.79 Å². The van der Waals surface area contributed by atoms with Crippen LogP contribution in [0.1, 0.15) is 51.4 Å². The molecule has 1 saturated carbocycles. The third kappa shape index (κ3) is 6.71. The van der Waals surface area contributed by atoms with Crippen molar-refractivity contribution < 1.29 is 19.4 Å². The van der Waals surface area contributed by atoms with Gasteiger partial charge in [0.25, 0.3) is 0 Å². The Bertz CT molecular complexity index is 438. The van der Waals surface area contributed by atoms with E-state index in [1.54, 1.807) is 24.3 Å². The topological polar surface area (TPSA) is 55.8 Å². The van der Waals surface area contributed by atoms with E-state index in [0.717, 1.165) is 58.0 Å². The van der Waals surface area contributed by atoms with Crippen LogP contribution < -0.4 is 4.74 Å². The minimum absolute atomic E-state index is 0.0106. The van der Waals surface area contributed by atoms with Crippen molar-refractivity contribution in [3.05, 3.63) is 30.3 Å². The highest BCUT2D eigenvalue weighted by atomic mass is 16.5. The number of ether oxygens (including phenoxy) is 2. The first-order valence-corrected chi connectivity index (χ1v) is 8.70. The minimum atomic E-state index is -0.126. The molecule has 0 bridgehead atoms. The Labute approximate surface area is 138 Å². The average molecular weight is 319 g/mol. The van der Waals surface area contributed by atoms with Crippen molar-refractivity contribution in [3.63, 3.8) is 0 Å². The van der Waals surface area contributed by atoms with Crippen LogP contribution in [0.4, 0.5) is 0 Å². The first-order chi connectivity index (χ1) is 11.3. The van der Waals surface area contributed by atoms with E-state index in [2.05, 4.69) is 6.07 Å². The average Bonchev–Trinajstić information content (AvgIpc) is 2.59. The lowest BCUT2D eigenvalue weighted by Gasteiger charge is -2.27. The number of carbonyl (C=O) groups excluding carboxylic acids is 1. The molecular weight excluding hydrogens is 292 g/mol. The van der Waals surface area contributed by atoms with E-state index in [4.69, 9.17) is 14.6 Å². The summed E-state index contributed by atoms with van der Waals surface area (Å²) >= 11 is 0. The largest absolute Gasteiger partial charge is 0.426 e. The molecule has 0 amide bonds. The quantitative estimate of drug-likeness (QED) is 0.430. The molecule has 0 unspecified atom stereocenters. The first kappa shape index (κ1) is 18.0. The Kier molecular flexibility index (Phi) is 8.12. The second-order valence-electron chi connectivity index (χ2n) is 6.14. The van der Waals surface area contributed by atoms with Crippen LogP contribution in [0, 0.1) is 12.0 Å². The van der Waals surface area contributed by atoms with Crippen molar-refractivity contribution >= 4 is 5.97 Å². The van der Waals surface area contributed by atoms with Crippen LogP contribution in [0.5, 0.6) is 5.75 Å². The summed E-state index contributed by atoms with van der Waals surface area (Å²) in [6, 6.07) is 9.90. The van der Waals surface area contributed by atoms with Gasteiger partial charge in [0.05, 0.1) is 12.0 Å². The van der Waals surface area contributed by atoms with Crippen LogP contribution in [0.3, 0.4) is 0 Å². The standard InChI is InChI=1S/C19H27O4/c20-14-6-1-2-7-15-22-17-12-10-16(11-13-17)19(21)23-18-8-4-3-5-9-18/h4-5,8-9,16-17,20H,1-2,6-7,10-15H2. The highest BCUT2D eigenvalue weighted by molar-refractivity contribution is 5.75. The maximum absolute atomic E-state index is 12.1. The van der Waals surface area contributed by atoms with Crippen molar-refractivity contribution in [1.29, 1.82) is 0 Å². The Balaban J connectivity index is 1.59. The second kappa shape index (κ2) is 10.4. The SMILES string of the molecule is O=C(Oc1cc[c]cc1)C1CCC(OCCCCCCO)CC1. The smallest absolute Gasteiger partial charge is 0.314 e. The van der Waals surface area contributed by atoms with Gasteiger partial charge in [0.15, 0.2) is 0 Å². The van der Waals surface area contributed by atoms with Gasteiger partial charge in [-0.1, -0.05) is 25.0 Å². The normalized spacial score (nSPS) is 21.1. The number of aliphatic hydroxyl groups is 1. The molecule has 1 fully saturated rings. The molecular formula is C19H27O4. The Morgan fingerprint density at radius 1 is 1.09 bits per heavy atom. The van der Waals surface area contributed by atoms with Crippen LogP contribution in [0.25, 0.3) is 0 Å². The fourth-order valence-electron chi connectivity index (χ4n) is 2.92. The molecule has 0 atom stereocenters. The fourth-order valence-corrected chi connectivity index (χ4v) is 2.92. The van der Waals surface area contributed by atoms with Gasteiger partial charge in [0.2, 0.25) is 0 Å². The molecule has 0 heterocycles. The van der Waals surface area contributed by atoms with Gasteiger partial charge in [0, 0.05) is 13.2 Å². The second-order valence-corrected chi connectivity index (χ2v) is 6.14. The zero-order chi connectivity index (χ0) is 16.3. The molecule has 4 heteroatoms. The van der Waals surface area contributed by atoms with Crippen molar-refractivity contribution in [2.24, 2.45) is 5.92 Å². The number of carbonyl (C=O) groups is 1. The summed E-state index contributed by atoms with van der Waals surface area (Å²) in [5.41, 5.74) is 0. The summed E-state index contributed by atoms with van der Waals surface area (Å²) in [7, 11) is 0. The molecule has 1 aliphatic rings. The van der Waals surface area contributed by atoms with Gasteiger partial charge in [-0.05, 0) is 56.7 Å². The number of benzene rings is 1. The van der Waals surface area contributed by atoms with Crippen LogP contribution in [-0.4, -0.2) is 30.4 Å². The summed E-state index contributed by atoms with van der Waals surface area (Å²) in [5, 5.41) is 8.72. The predicted molar refractivity (Wildman–Crippen MR) is 88.2 cm³/mol. The van der Waals surface area contributed by atoms with Crippen LogP contribution in [0.15, 0.2) is 24.3 Å². The molecule has 0 aliphatic heterocycles. The minimum Gasteiger partial charge on any atom is -0.426 e. The lowest BCUT2D eigenvalue weighted by atomic mass is 9.87. The number of rotatable bonds is 9. The molecule has 23 heavy (non-hydrogen) atoms. The van der Waals surface area contributed by atoms with Gasteiger partial charge < -0.3 is 14.6 Å². The van der Waals surface area contributed by atoms with Gasteiger partial charge >= 0.3 is 5.97 Å². The predicted octanol–water partition coefficient (Wildman–Crippen LogP) is 3.52. The number of hydrogen-bond donors (Lipinski definition) is 1. The van der Waals surface area contributed by atoms with E-state index in [-0.39, 0.29) is 24.6 Å². The van der Waals surface area contributed by atoms with E-state index in [0.29, 0.717) is 5.75 Å². The molecule has 0 saturated heterocycles. The van der Waals surface area contributed by atoms with Crippen molar-refractivity contribution in [1.82, 2.24) is 0 Å². The van der Waals surface area contributed by atoms with Crippen LogP contribution in [-0.2, 0) is 9.53 Å². The van der Waals surface area contributed by atoms with Crippen molar-refractivity contribution in [2.45, 2.75) is 57.5 Å². The third-order valence-electron chi connectivity index (χ3n) is 4.32. The number of unbranched alkanes of at least 4 members (excludes halogenated alkanes) is 3. The highest BCUT2D eigenvalue weighted by Gasteiger charge is 2.28. The van der Waals surface area contributed by atoms with Gasteiger partial charge in [-0.3, -0.25) is 4.79 Å². The lowest BCUT2D eigenvalue weighted by molar-refractivity contribution is -0.141. The van der Waals surface area contributed by atoms with Gasteiger partial charge in [0.1, 0.15) is 5.75 Å². The summed E-state index contributed by atoms with van der Waals surface area (Å²) in [4.78, 5) is 12.1. The van der Waals surface area contributed by atoms with Gasteiger partial charge in [-0.15, -0.1) is 0 Å². The van der Waals surface area contributed by atoms with E-state index >= 15 is 0 Å². The maximum atomic E-state index is 12.1. The van der Waals surface area contributed by atoms with Crippen molar-refractivity contribution in [3.8, 4) is 5.75 Å². The number of esters is 1. The number of aliphatic hydroxyl groups excluding tert-OH is 1. The molecule has 1 N–H and O–H groups in total. The zero-order valence-corrected chi connectivity index (χ0v) is 13.7. The monoisotopic (exact) mass is 319 g/mol. The van der Waals surface area contributed by atoms with E-state index < -0.39 is 0 Å². The summed E-state index contributed by atoms with van der Waals surface area (Å²) in [6.45, 7) is 1.06. The van der Waals surface area contributed by atoms with Crippen LogP contribution >= 0.6 is 0 Å². The summed E-state index contributed by atoms with van der Waals surface area (Å²) < 4.78 is 11.3. The van der Waals surface area contributed by atoms with E-state index in [1.165, 1.54) is 0 Å². The lowest BCUT2D eigenvalue weighted by Crippen LogP contribution is -2.29. The summed E-state index contributed by atoms with van der Waals surface area (Å²) in [6.07, 6.45) is 7.92. The Morgan fingerprint density at radius 3 is 2.48 bits per heavy atom. The Hall–Kier alpha value is -1.39. The van der Waals surface area contributed by atoms with Crippen molar-refractivity contribution in [2.75, 3.05) is 13.2 Å². The molecule has 2 rings (SSSR count). The molecule has 1 aliphatic carbocycles. The molecule has 1 aromatic rings. The molecule has 1 aromatic carbocycles. The summed E-state index contributed by atoms with van der Waals surface area (Å²) in [5.74, 6) is 0.456. The van der Waals surface area contributed by atoms with E-state index in [1.807, 2.05) is 0 Å². The molecule has 0 spiro atoms. The third-order valence-corrected chi connectivity index (χ3v) is 4.32. The maximum Gasteiger partial charge on any atom is 0.314 e. The molecule has 127 valence electrons. The highest BCUT2D eigenvalue weighted by Crippen LogP contribution is 2.28. The van der Waals surface area contributed by atoms with Crippen LogP contribution in [0.2, 0.25) is 0 Å². The zero-order valence-electron chi connectivity index (χ0n) is 13.7. The van der Waals surface area contributed by atoms with Gasteiger partial charge in [-0.2, -0.15) is 0 Å². The first-order valence-electron chi connectivity index (χ1n) is 8.70. The molecule has 1 radical (unpaired) electrons. The molecule has 4 nitrogen and oxygen atoms in total. The Morgan fingerprint density at radius 2 is 1.78 bits per heavy atom. The van der Waals surface area contributed by atoms with Gasteiger partial charge in [-0.25, -0.2) is 0 Å². The fraction of sp³-hybridized carbons (Fsp3) is 0.632. The molecule has 0 aromatic heterocycles. The number of hydrogen-bond acceptors (Lipinski definition) is 4.